The van der Waals surface area contributed by atoms with Gasteiger partial charge in [0.15, 0.2) is 0 Å². The molecule has 0 bridgehead atoms. The van der Waals surface area contributed by atoms with Gasteiger partial charge in [-0.05, 0) is 37.7 Å². The summed E-state index contributed by atoms with van der Waals surface area (Å²) in [6.07, 6.45) is 1.39. The molecule has 1 saturated heterocycles. The van der Waals surface area contributed by atoms with Gasteiger partial charge in [-0.2, -0.15) is 0 Å². The molecule has 4 rings (SSSR count). The minimum Gasteiger partial charge on any atom is -0.384 e. The number of anilines is 1. The van der Waals surface area contributed by atoms with Crippen LogP contribution in [0, 0.1) is 0 Å². The zero-order chi connectivity index (χ0) is 16.8. The lowest BCUT2D eigenvalue weighted by atomic mass is 10.2. The van der Waals surface area contributed by atoms with Crippen molar-refractivity contribution in [2.24, 2.45) is 12.8 Å². The van der Waals surface area contributed by atoms with Crippen molar-refractivity contribution >= 4 is 33.7 Å². The summed E-state index contributed by atoms with van der Waals surface area (Å²) in [5.74, 6) is 0.230. The summed E-state index contributed by atoms with van der Waals surface area (Å²) in [6, 6.07) is 12.1. The van der Waals surface area contributed by atoms with Crippen LogP contribution >= 0.6 is 0 Å². The molecule has 1 aromatic carbocycles. The van der Waals surface area contributed by atoms with Crippen molar-refractivity contribution in [2.45, 2.75) is 13.3 Å². The molecule has 1 fully saturated rings. The fraction of sp³-hybridized carbons (Fsp3) is 0.294. The highest BCUT2D eigenvalue weighted by Gasteiger charge is 2.07. The maximum absolute atomic E-state index is 9.22. The third-order valence-corrected chi connectivity index (χ3v) is 3.48. The van der Waals surface area contributed by atoms with E-state index in [0.29, 0.717) is 5.82 Å². The Morgan fingerprint density at radius 2 is 1.74 bits per heavy atom. The van der Waals surface area contributed by atoms with Crippen molar-refractivity contribution < 1.29 is 4.79 Å². The summed E-state index contributed by atoms with van der Waals surface area (Å²) in [5.41, 5.74) is 12.3. The third-order valence-electron chi connectivity index (χ3n) is 3.48. The highest BCUT2D eigenvalue weighted by atomic mass is 16.1. The number of nitrogen functional groups attached to an aromatic ring is 1. The SMILES string of the molecule is C1CNC1.CC(N)=O.Cn1c2ccccc2c2ccc(N)nc21. The number of rotatable bonds is 0. The van der Waals surface area contributed by atoms with E-state index in [0.717, 1.165) is 11.0 Å². The molecular weight excluding hydrogens is 290 g/mol. The summed E-state index contributed by atoms with van der Waals surface area (Å²) >= 11 is 0. The lowest BCUT2D eigenvalue weighted by Gasteiger charge is -2.09. The van der Waals surface area contributed by atoms with Gasteiger partial charge < -0.3 is 21.4 Å². The molecule has 6 nitrogen and oxygen atoms in total. The molecule has 2 aromatic heterocycles. The standard InChI is InChI=1S/C12H11N3.C3H7N.C2H5NO/c1-15-10-5-3-2-4-8(10)9-6-7-11(13)14-12(9)15;1-2-4-3-1;1-2(3)4/h2-7H,1H3,(H2,13,14);4H,1-3H2;1H3,(H2,3,4). The molecular formula is C17H23N5O. The first kappa shape index (κ1) is 16.8. The van der Waals surface area contributed by atoms with Gasteiger partial charge in [-0.1, -0.05) is 18.2 Å². The highest BCUT2D eigenvalue weighted by Crippen LogP contribution is 2.26. The second kappa shape index (κ2) is 7.60. The van der Waals surface area contributed by atoms with Gasteiger partial charge in [-0.25, -0.2) is 4.98 Å². The first-order valence-corrected chi connectivity index (χ1v) is 7.57. The van der Waals surface area contributed by atoms with Crippen molar-refractivity contribution in [3.8, 4) is 0 Å². The Bertz CT molecular complexity index is 797. The van der Waals surface area contributed by atoms with E-state index in [-0.39, 0.29) is 5.91 Å². The quantitative estimate of drug-likeness (QED) is 0.589. The fourth-order valence-corrected chi connectivity index (χ4v) is 2.21. The Morgan fingerprint density at radius 3 is 2.30 bits per heavy atom. The molecule has 0 radical (unpaired) electrons. The Morgan fingerprint density at radius 1 is 1.17 bits per heavy atom. The van der Waals surface area contributed by atoms with E-state index in [2.05, 4.69) is 32.7 Å². The number of para-hydroxylation sites is 1. The van der Waals surface area contributed by atoms with Gasteiger partial charge >= 0.3 is 0 Å². The number of nitrogens with one attached hydrogen (secondary N) is 1. The van der Waals surface area contributed by atoms with Gasteiger partial charge in [0.1, 0.15) is 11.5 Å². The molecule has 1 aliphatic heterocycles. The number of fused-ring (bicyclic) bond motifs is 3. The maximum atomic E-state index is 9.22. The molecule has 0 saturated carbocycles. The van der Waals surface area contributed by atoms with Crippen molar-refractivity contribution in [2.75, 3.05) is 18.8 Å². The van der Waals surface area contributed by atoms with E-state index in [1.54, 1.807) is 0 Å². The van der Waals surface area contributed by atoms with E-state index in [4.69, 9.17) is 5.73 Å². The van der Waals surface area contributed by atoms with E-state index >= 15 is 0 Å². The zero-order valence-corrected chi connectivity index (χ0v) is 13.5. The molecule has 1 amide bonds. The average Bonchev–Trinajstić information content (AvgIpc) is 2.70. The highest BCUT2D eigenvalue weighted by molar-refractivity contribution is 6.06. The predicted octanol–water partition coefficient (Wildman–Crippen LogP) is 1.78. The predicted molar refractivity (Wildman–Crippen MR) is 95.0 cm³/mol. The summed E-state index contributed by atoms with van der Waals surface area (Å²) in [6.45, 7) is 3.81. The van der Waals surface area contributed by atoms with E-state index in [1.807, 2.05) is 31.3 Å². The average molecular weight is 313 g/mol. The van der Waals surface area contributed by atoms with Crippen LogP contribution in [0.25, 0.3) is 21.9 Å². The van der Waals surface area contributed by atoms with Crippen LogP contribution in [0.4, 0.5) is 5.82 Å². The topological polar surface area (TPSA) is 99.0 Å². The Balaban J connectivity index is 0.000000199. The monoisotopic (exact) mass is 313 g/mol. The normalized spacial score (nSPS) is 12.6. The Labute approximate surface area is 135 Å². The largest absolute Gasteiger partial charge is 0.384 e. The molecule has 0 unspecified atom stereocenters. The van der Waals surface area contributed by atoms with Crippen LogP contribution < -0.4 is 16.8 Å². The minimum atomic E-state index is -0.333. The second-order valence-electron chi connectivity index (χ2n) is 5.40. The Hall–Kier alpha value is -2.60. The number of benzene rings is 1. The van der Waals surface area contributed by atoms with Gasteiger partial charge in [0.2, 0.25) is 5.91 Å². The summed E-state index contributed by atoms with van der Waals surface area (Å²) in [7, 11) is 2.01. The van der Waals surface area contributed by atoms with Gasteiger partial charge in [-0.3, -0.25) is 4.79 Å². The number of hydrogen-bond donors (Lipinski definition) is 3. The van der Waals surface area contributed by atoms with Crippen molar-refractivity contribution in [1.82, 2.24) is 14.9 Å². The molecule has 3 aromatic rings. The van der Waals surface area contributed by atoms with E-state index in [1.165, 1.54) is 37.3 Å². The number of nitrogens with zero attached hydrogens (tertiary/aromatic N) is 2. The number of aryl methyl sites for hydroxylation is 1. The van der Waals surface area contributed by atoms with Crippen LogP contribution in [0.15, 0.2) is 36.4 Å². The van der Waals surface area contributed by atoms with Crippen LogP contribution in [0.3, 0.4) is 0 Å². The molecule has 23 heavy (non-hydrogen) atoms. The minimum absolute atomic E-state index is 0.333. The van der Waals surface area contributed by atoms with Crippen LogP contribution in [0.5, 0.6) is 0 Å². The summed E-state index contributed by atoms with van der Waals surface area (Å²) in [4.78, 5) is 13.6. The van der Waals surface area contributed by atoms with Gasteiger partial charge in [0, 0.05) is 24.7 Å². The van der Waals surface area contributed by atoms with Crippen LogP contribution in [0.1, 0.15) is 13.3 Å². The fourth-order valence-electron chi connectivity index (χ4n) is 2.21. The third kappa shape index (κ3) is 4.20. The Kier molecular flexibility index (Phi) is 5.54. The van der Waals surface area contributed by atoms with Crippen LogP contribution in [-0.2, 0) is 11.8 Å². The van der Waals surface area contributed by atoms with Crippen molar-refractivity contribution in [1.29, 1.82) is 0 Å². The molecule has 0 atom stereocenters. The van der Waals surface area contributed by atoms with E-state index < -0.39 is 0 Å². The number of primary amides is 1. The molecule has 0 aliphatic carbocycles. The maximum Gasteiger partial charge on any atom is 0.214 e. The molecule has 122 valence electrons. The second-order valence-corrected chi connectivity index (χ2v) is 5.40. The first-order chi connectivity index (χ1) is 11.0. The van der Waals surface area contributed by atoms with Crippen LogP contribution in [-0.4, -0.2) is 28.5 Å². The molecule has 0 spiro atoms. The van der Waals surface area contributed by atoms with Gasteiger partial charge in [0.25, 0.3) is 0 Å². The van der Waals surface area contributed by atoms with Gasteiger partial charge in [0.05, 0.1) is 5.52 Å². The number of carbonyl (C=O) groups excluding carboxylic acids is 1. The van der Waals surface area contributed by atoms with Crippen molar-refractivity contribution in [3.05, 3.63) is 36.4 Å². The zero-order valence-electron chi connectivity index (χ0n) is 13.5. The van der Waals surface area contributed by atoms with E-state index in [9.17, 15) is 4.79 Å². The number of aromatic nitrogens is 2. The molecule has 5 N–H and O–H groups in total. The number of hydrogen-bond acceptors (Lipinski definition) is 4. The molecule has 3 heterocycles. The van der Waals surface area contributed by atoms with Crippen molar-refractivity contribution in [3.63, 3.8) is 0 Å². The smallest absolute Gasteiger partial charge is 0.214 e. The van der Waals surface area contributed by atoms with Crippen LogP contribution in [0.2, 0.25) is 0 Å². The number of pyridine rings is 1. The lowest BCUT2D eigenvalue weighted by molar-refractivity contribution is -0.115. The number of carbonyl (C=O) groups is 1. The molecule has 6 heteroatoms. The number of amides is 1. The summed E-state index contributed by atoms with van der Waals surface area (Å²) < 4.78 is 2.07. The van der Waals surface area contributed by atoms with Gasteiger partial charge in [-0.15, -0.1) is 0 Å². The first-order valence-electron chi connectivity index (χ1n) is 7.57. The molecule has 1 aliphatic rings. The number of nitrogens with two attached hydrogens (primary N) is 2. The summed E-state index contributed by atoms with van der Waals surface area (Å²) in [5, 5.41) is 5.49. The lowest BCUT2D eigenvalue weighted by Crippen LogP contribution is -2.29.